The minimum Gasteiger partial charge on any atom is -0.748 e. The van der Waals surface area contributed by atoms with Gasteiger partial charge in [-0.15, -0.1) is 0 Å². The Morgan fingerprint density at radius 2 is 1.56 bits per heavy atom. The van der Waals surface area contributed by atoms with Gasteiger partial charge < -0.3 is 18.1 Å². The van der Waals surface area contributed by atoms with Crippen molar-refractivity contribution in [2.24, 2.45) is 34.0 Å². The first kappa shape index (κ1) is 37.9. The second-order valence-corrected chi connectivity index (χ2v) is 28.6. The summed E-state index contributed by atoms with van der Waals surface area (Å²) in [5, 5.41) is 0.139. The van der Waals surface area contributed by atoms with Crippen LogP contribution in [0, 0.1) is 34.0 Å². The van der Waals surface area contributed by atoms with Crippen molar-refractivity contribution in [3.8, 4) is 0 Å². The standard InChI is InChI=1S/C32H58O7SSi2.Na/c1-28(2,3)41(9,10)38-20-31(8)24-15-18-32(21-40(34,35)36)23-19-37-27(33)22(23)13-14-25(32)30(24,7)17-16-26(31)39-42(11,12)29(4,5)6;/h13,23-26H,14-21H2,1-12H3,(H,34,35,36);/q;+1/p-1/t23?,24?,25?,26-,30-,31+,32+;/m1./s1. The first-order valence-electron chi connectivity index (χ1n) is 15.9. The predicted octanol–water partition coefficient (Wildman–Crippen LogP) is 4.27. The predicted molar refractivity (Wildman–Crippen MR) is 171 cm³/mol. The Morgan fingerprint density at radius 3 is 2.09 bits per heavy atom. The van der Waals surface area contributed by atoms with Gasteiger partial charge in [-0.05, 0) is 91.0 Å². The fraction of sp³-hybridized carbons (Fsp3) is 0.906. The molecular formula is C32H57NaO7SSi2. The van der Waals surface area contributed by atoms with Gasteiger partial charge in [0.15, 0.2) is 16.6 Å². The quantitative estimate of drug-likeness (QED) is 0.228. The third kappa shape index (κ3) is 6.63. The molecule has 2 saturated carbocycles. The van der Waals surface area contributed by atoms with Crippen LogP contribution in [0.15, 0.2) is 11.6 Å². The zero-order valence-electron chi connectivity index (χ0n) is 29.3. The number of hydrogen-bond acceptors (Lipinski definition) is 7. The van der Waals surface area contributed by atoms with Gasteiger partial charge in [0.1, 0.15) is 0 Å². The van der Waals surface area contributed by atoms with E-state index in [-0.39, 0.29) is 86.9 Å². The van der Waals surface area contributed by atoms with Crippen LogP contribution in [-0.4, -0.2) is 60.6 Å². The molecule has 4 rings (SSSR count). The first-order valence-corrected chi connectivity index (χ1v) is 23.3. The molecule has 0 radical (unpaired) electrons. The Bertz CT molecular complexity index is 1220. The van der Waals surface area contributed by atoms with Gasteiger partial charge in [-0.2, -0.15) is 0 Å². The molecule has 0 amide bonds. The van der Waals surface area contributed by atoms with E-state index in [9.17, 15) is 17.8 Å². The van der Waals surface area contributed by atoms with Gasteiger partial charge in [-0.3, -0.25) is 0 Å². The maximum atomic E-state index is 12.6. The zero-order valence-corrected chi connectivity index (χ0v) is 34.1. The molecule has 0 bridgehead atoms. The average molecular weight is 665 g/mol. The van der Waals surface area contributed by atoms with Crippen LogP contribution in [0.2, 0.25) is 36.3 Å². The van der Waals surface area contributed by atoms with E-state index in [2.05, 4.69) is 81.6 Å². The Kier molecular flexibility index (Phi) is 10.5. The molecule has 1 saturated heterocycles. The van der Waals surface area contributed by atoms with Gasteiger partial charge in [-0.1, -0.05) is 61.5 Å². The van der Waals surface area contributed by atoms with Crippen molar-refractivity contribution in [2.45, 2.75) is 130 Å². The fourth-order valence-electron chi connectivity index (χ4n) is 8.66. The SMILES string of the molecule is CC(C)(C)[Si](C)(C)OC[C@@]1(C)C2CC[C@]3(CS(=O)(=O)[O-])C4COC(=O)C4=CCC3[C@]2(C)CC[C@H]1O[Si](C)(C)C(C)(C)C.[Na+]. The molecular weight excluding hydrogens is 608 g/mol. The number of carbonyl (C=O) groups is 1. The summed E-state index contributed by atoms with van der Waals surface area (Å²) >= 11 is 0. The Labute approximate surface area is 286 Å². The van der Waals surface area contributed by atoms with Gasteiger partial charge in [0.05, 0.1) is 22.8 Å². The maximum Gasteiger partial charge on any atom is 1.00 e. The molecule has 4 aliphatic rings. The van der Waals surface area contributed by atoms with E-state index in [0.29, 0.717) is 25.0 Å². The first-order chi connectivity index (χ1) is 18.8. The van der Waals surface area contributed by atoms with Gasteiger partial charge in [-0.25, -0.2) is 13.2 Å². The maximum absolute atomic E-state index is 12.6. The molecule has 43 heavy (non-hydrogen) atoms. The van der Waals surface area contributed by atoms with Crippen LogP contribution in [0.5, 0.6) is 0 Å². The molecule has 0 aromatic carbocycles. The van der Waals surface area contributed by atoms with E-state index in [1.54, 1.807) is 0 Å². The van der Waals surface area contributed by atoms with Crippen LogP contribution in [0.3, 0.4) is 0 Å². The minimum absolute atomic E-state index is 0. The smallest absolute Gasteiger partial charge is 0.748 e. The molecule has 3 unspecified atom stereocenters. The summed E-state index contributed by atoms with van der Waals surface area (Å²) in [6.45, 7) is 28.4. The summed E-state index contributed by atoms with van der Waals surface area (Å²) in [6.07, 6.45) is 5.73. The molecule has 1 heterocycles. The van der Waals surface area contributed by atoms with Crippen LogP contribution in [-0.2, 0) is 28.5 Å². The molecule has 11 heteroatoms. The Hall–Kier alpha value is 0.474. The number of esters is 1. The van der Waals surface area contributed by atoms with Crippen molar-refractivity contribution >= 4 is 32.7 Å². The number of carbonyl (C=O) groups excluding carboxylic acids is 1. The van der Waals surface area contributed by atoms with Gasteiger partial charge >= 0.3 is 35.5 Å². The minimum atomic E-state index is -4.53. The van der Waals surface area contributed by atoms with Crippen LogP contribution in [0.1, 0.15) is 87.5 Å². The van der Waals surface area contributed by atoms with Crippen LogP contribution < -0.4 is 29.6 Å². The van der Waals surface area contributed by atoms with Gasteiger partial charge in [0.25, 0.3) is 0 Å². The molecule has 1 aliphatic heterocycles. The van der Waals surface area contributed by atoms with Crippen LogP contribution >= 0.6 is 0 Å². The monoisotopic (exact) mass is 664 g/mol. The van der Waals surface area contributed by atoms with Crippen LogP contribution in [0.4, 0.5) is 0 Å². The van der Waals surface area contributed by atoms with Crippen molar-refractivity contribution in [3.05, 3.63) is 11.6 Å². The summed E-state index contributed by atoms with van der Waals surface area (Å²) in [5.41, 5.74) is -0.742. The summed E-state index contributed by atoms with van der Waals surface area (Å²) in [5.74, 6) is -0.962. The van der Waals surface area contributed by atoms with E-state index in [0.717, 1.165) is 19.3 Å². The third-order valence-electron chi connectivity index (χ3n) is 13.2. The summed E-state index contributed by atoms with van der Waals surface area (Å²) in [7, 11) is -8.72. The van der Waals surface area contributed by atoms with E-state index < -0.39 is 37.9 Å². The topological polar surface area (TPSA) is 102 Å². The second-order valence-electron chi connectivity index (χ2n) is 17.6. The molecule has 3 aliphatic carbocycles. The molecule has 0 aromatic heterocycles. The van der Waals surface area contributed by atoms with Crippen molar-refractivity contribution in [2.75, 3.05) is 19.0 Å². The summed E-state index contributed by atoms with van der Waals surface area (Å²) in [4.78, 5) is 12.6. The molecule has 3 fully saturated rings. The zero-order chi connectivity index (χ0) is 31.9. The van der Waals surface area contributed by atoms with Crippen molar-refractivity contribution in [1.29, 1.82) is 0 Å². The number of rotatable bonds is 7. The number of ether oxygens (including phenoxy) is 1. The van der Waals surface area contributed by atoms with Gasteiger partial charge in [0.2, 0.25) is 0 Å². The molecule has 242 valence electrons. The number of allylic oxidation sites excluding steroid dienone is 1. The molecule has 0 spiro atoms. The normalized spacial score (nSPS) is 37.0. The van der Waals surface area contributed by atoms with Crippen molar-refractivity contribution in [1.82, 2.24) is 0 Å². The number of fused-ring (bicyclic) bond motifs is 5. The number of cyclic esters (lactones) is 1. The second kappa shape index (κ2) is 11.9. The van der Waals surface area contributed by atoms with E-state index >= 15 is 0 Å². The largest absolute Gasteiger partial charge is 1.00 e. The Balaban J connectivity index is 0.00000506. The Morgan fingerprint density at radius 1 is 0.977 bits per heavy atom. The van der Waals surface area contributed by atoms with Gasteiger partial charge in [0, 0.05) is 29.3 Å². The average Bonchev–Trinajstić information content (AvgIpc) is 3.19. The van der Waals surface area contributed by atoms with E-state index in [4.69, 9.17) is 13.6 Å². The van der Waals surface area contributed by atoms with Crippen molar-refractivity contribution < 1.29 is 60.9 Å². The number of hydrogen-bond donors (Lipinski definition) is 0. The summed E-state index contributed by atoms with van der Waals surface area (Å²) < 4.78 is 57.3. The third-order valence-corrected chi connectivity index (χ3v) is 23.0. The van der Waals surface area contributed by atoms with E-state index in [1.807, 2.05) is 6.08 Å². The van der Waals surface area contributed by atoms with Crippen LogP contribution in [0.25, 0.3) is 0 Å². The summed E-state index contributed by atoms with van der Waals surface area (Å²) in [6, 6.07) is 0. The molecule has 0 N–H and O–H groups in total. The van der Waals surface area contributed by atoms with Crippen molar-refractivity contribution in [3.63, 3.8) is 0 Å². The fourth-order valence-corrected chi connectivity index (χ4v) is 12.4. The molecule has 7 atom stereocenters. The van der Waals surface area contributed by atoms with E-state index in [1.165, 1.54) is 0 Å². The molecule has 0 aromatic rings. The molecule has 7 nitrogen and oxygen atoms in total.